The van der Waals surface area contributed by atoms with Crippen LogP contribution in [0.25, 0.3) is 0 Å². The zero-order valence-corrected chi connectivity index (χ0v) is 10.7. The summed E-state index contributed by atoms with van der Waals surface area (Å²) in [6, 6.07) is 5.02. The Balaban J connectivity index is 1.96. The number of alkyl halides is 3. The van der Waals surface area contributed by atoms with Crippen LogP contribution in [0.15, 0.2) is 29.4 Å². The third-order valence-corrected chi connectivity index (χ3v) is 3.09. The van der Waals surface area contributed by atoms with Crippen LogP contribution in [0.2, 0.25) is 0 Å². The lowest BCUT2D eigenvalue weighted by Gasteiger charge is -2.30. The first-order valence-corrected chi connectivity index (χ1v) is 6.10. The minimum Gasteiger partial charge on any atom is -0.303 e. The molecule has 0 aliphatic carbocycles. The number of halogens is 3. The summed E-state index contributed by atoms with van der Waals surface area (Å²) < 4.78 is 37.2. The summed E-state index contributed by atoms with van der Waals surface area (Å²) in [7, 11) is 2.05. The van der Waals surface area contributed by atoms with Crippen LogP contribution in [-0.2, 0) is 6.18 Å². The van der Waals surface area contributed by atoms with Gasteiger partial charge < -0.3 is 4.90 Å². The van der Waals surface area contributed by atoms with Crippen molar-refractivity contribution >= 4 is 6.21 Å². The van der Waals surface area contributed by atoms with Gasteiger partial charge in [-0.15, -0.1) is 0 Å². The van der Waals surface area contributed by atoms with Gasteiger partial charge in [-0.2, -0.15) is 18.3 Å². The molecule has 104 valence electrons. The fraction of sp³-hybridized carbons (Fsp3) is 0.462. The highest BCUT2D eigenvalue weighted by Gasteiger charge is 2.29. The van der Waals surface area contributed by atoms with Gasteiger partial charge in [0.1, 0.15) is 0 Å². The number of nitrogens with zero attached hydrogens (tertiary/aromatic N) is 3. The average Bonchev–Trinajstić information content (AvgIpc) is 2.37. The molecule has 6 heteroatoms. The molecule has 3 nitrogen and oxygen atoms in total. The van der Waals surface area contributed by atoms with E-state index in [0.29, 0.717) is 5.56 Å². The van der Waals surface area contributed by atoms with Gasteiger partial charge in [-0.05, 0) is 24.7 Å². The number of benzene rings is 1. The van der Waals surface area contributed by atoms with Crippen molar-refractivity contribution in [1.82, 2.24) is 9.91 Å². The molecule has 1 aliphatic heterocycles. The maximum atomic E-state index is 12.4. The second-order valence-electron chi connectivity index (χ2n) is 4.62. The molecule has 2 rings (SSSR count). The van der Waals surface area contributed by atoms with E-state index in [1.54, 1.807) is 6.21 Å². The number of likely N-dealkylation sites (N-methyl/N-ethyl adjacent to an activating group) is 1. The molecule has 1 aromatic carbocycles. The lowest BCUT2D eigenvalue weighted by atomic mass is 10.1. The molecule has 1 aromatic rings. The first-order chi connectivity index (χ1) is 8.95. The predicted molar refractivity (Wildman–Crippen MR) is 68.1 cm³/mol. The first kappa shape index (κ1) is 13.9. The molecule has 0 unspecified atom stereocenters. The van der Waals surface area contributed by atoms with Crippen molar-refractivity contribution in [3.05, 3.63) is 35.4 Å². The highest BCUT2D eigenvalue weighted by molar-refractivity contribution is 5.79. The summed E-state index contributed by atoms with van der Waals surface area (Å²) in [5.41, 5.74) is 0.0381. The van der Waals surface area contributed by atoms with Gasteiger partial charge in [0.15, 0.2) is 0 Å². The van der Waals surface area contributed by atoms with E-state index in [2.05, 4.69) is 17.0 Å². The summed E-state index contributed by atoms with van der Waals surface area (Å²) in [6.45, 7) is 3.58. The molecule has 0 N–H and O–H groups in total. The topological polar surface area (TPSA) is 18.8 Å². The maximum Gasteiger partial charge on any atom is 0.416 e. The van der Waals surface area contributed by atoms with Crippen molar-refractivity contribution in [2.75, 3.05) is 33.2 Å². The quantitative estimate of drug-likeness (QED) is 0.769. The third-order valence-electron chi connectivity index (χ3n) is 3.09. The van der Waals surface area contributed by atoms with Crippen LogP contribution in [0.5, 0.6) is 0 Å². The van der Waals surface area contributed by atoms with E-state index in [1.807, 2.05) is 5.01 Å². The highest BCUT2D eigenvalue weighted by Crippen LogP contribution is 2.28. The number of piperazine rings is 1. The van der Waals surface area contributed by atoms with E-state index in [9.17, 15) is 13.2 Å². The zero-order valence-electron chi connectivity index (χ0n) is 10.7. The number of hydrazone groups is 1. The van der Waals surface area contributed by atoms with Gasteiger partial charge in [0.05, 0.1) is 11.8 Å². The first-order valence-electron chi connectivity index (χ1n) is 6.10. The molecule has 1 saturated heterocycles. The van der Waals surface area contributed by atoms with Crippen LogP contribution in [0.1, 0.15) is 11.1 Å². The second-order valence-corrected chi connectivity index (χ2v) is 4.62. The standard InChI is InChI=1S/C13H16F3N3/c1-18-6-8-19(9-7-18)17-10-11-2-4-12(5-3-11)13(14,15)16/h2-5,10H,6-9H2,1H3. The lowest BCUT2D eigenvalue weighted by Crippen LogP contribution is -2.41. The number of hydrogen-bond acceptors (Lipinski definition) is 3. The summed E-state index contributed by atoms with van der Waals surface area (Å²) >= 11 is 0. The lowest BCUT2D eigenvalue weighted by molar-refractivity contribution is -0.137. The summed E-state index contributed by atoms with van der Waals surface area (Å²) in [5.74, 6) is 0. The molecular formula is C13H16F3N3. The molecular weight excluding hydrogens is 255 g/mol. The molecule has 0 aromatic heterocycles. The average molecular weight is 271 g/mol. The van der Waals surface area contributed by atoms with Crippen LogP contribution >= 0.6 is 0 Å². The van der Waals surface area contributed by atoms with E-state index in [4.69, 9.17) is 0 Å². The Morgan fingerprint density at radius 2 is 1.63 bits per heavy atom. The molecule has 0 bridgehead atoms. The molecule has 1 heterocycles. The van der Waals surface area contributed by atoms with Crippen molar-refractivity contribution in [1.29, 1.82) is 0 Å². The van der Waals surface area contributed by atoms with Crippen LogP contribution in [0, 0.1) is 0 Å². The fourth-order valence-corrected chi connectivity index (χ4v) is 1.82. The molecule has 0 amide bonds. The minimum atomic E-state index is -4.28. The van der Waals surface area contributed by atoms with E-state index in [1.165, 1.54) is 12.1 Å². The third kappa shape index (κ3) is 3.96. The van der Waals surface area contributed by atoms with Crippen LogP contribution in [0.3, 0.4) is 0 Å². The summed E-state index contributed by atoms with van der Waals surface area (Å²) in [5, 5.41) is 6.21. The van der Waals surface area contributed by atoms with E-state index in [0.717, 1.165) is 38.3 Å². The SMILES string of the molecule is CN1CCN(N=Cc2ccc(C(F)(F)F)cc2)CC1. The van der Waals surface area contributed by atoms with E-state index in [-0.39, 0.29) is 0 Å². The van der Waals surface area contributed by atoms with Crippen LogP contribution < -0.4 is 0 Å². The monoisotopic (exact) mass is 271 g/mol. The maximum absolute atomic E-state index is 12.4. The zero-order chi connectivity index (χ0) is 13.9. The number of hydrogen-bond donors (Lipinski definition) is 0. The Hall–Kier alpha value is -1.56. The van der Waals surface area contributed by atoms with Gasteiger partial charge in [-0.3, -0.25) is 5.01 Å². The van der Waals surface area contributed by atoms with Crippen molar-refractivity contribution < 1.29 is 13.2 Å². The Morgan fingerprint density at radius 3 is 2.16 bits per heavy atom. The number of rotatable bonds is 2. The van der Waals surface area contributed by atoms with Crippen molar-refractivity contribution in [3.63, 3.8) is 0 Å². The summed E-state index contributed by atoms with van der Waals surface area (Å²) in [4.78, 5) is 2.21. The second kappa shape index (κ2) is 5.61. The van der Waals surface area contributed by atoms with E-state index >= 15 is 0 Å². The molecule has 1 fully saturated rings. The minimum absolute atomic E-state index is 0.635. The Labute approximate surface area is 110 Å². The van der Waals surface area contributed by atoms with Crippen LogP contribution in [-0.4, -0.2) is 49.4 Å². The van der Waals surface area contributed by atoms with Gasteiger partial charge in [-0.1, -0.05) is 12.1 Å². The van der Waals surface area contributed by atoms with Gasteiger partial charge >= 0.3 is 6.18 Å². The molecule has 0 radical (unpaired) electrons. The molecule has 0 saturated carbocycles. The normalized spacial score (nSPS) is 18.2. The Bertz CT molecular complexity index is 431. The molecule has 1 aliphatic rings. The van der Waals surface area contributed by atoms with Gasteiger partial charge in [0.2, 0.25) is 0 Å². The smallest absolute Gasteiger partial charge is 0.303 e. The predicted octanol–water partition coefficient (Wildman–Crippen LogP) is 2.29. The Morgan fingerprint density at radius 1 is 1.05 bits per heavy atom. The van der Waals surface area contributed by atoms with Crippen molar-refractivity contribution in [2.24, 2.45) is 5.10 Å². The fourth-order valence-electron chi connectivity index (χ4n) is 1.82. The molecule has 19 heavy (non-hydrogen) atoms. The summed E-state index contributed by atoms with van der Waals surface area (Å²) in [6.07, 6.45) is -2.68. The molecule has 0 atom stereocenters. The van der Waals surface area contributed by atoms with Gasteiger partial charge in [0.25, 0.3) is 0 Å². The highest BCUT2D eigenvalue weighted by atomic mass is 19.4. The van der Waals surface area contributed by atoms with E-state index < -0.39 is 11.7 Å². The van der Waals surface area contributed by atoms with Gasteiger partial charge in [0, 0.05) is 26.2 Å². The molecule has 0 spiro atoms. The van der Waals surface area contributed by atoms with Gasteiger partial charge in [-0.25, -0.2) is 0 Å². The van der Waals surface area contributed by atoms with Crippen LogP contribution in [0.4, 0.5) is 13.2 Å². The Kier molecular flexibility index (Phi) is 4.09. The van der Waals surface area contributed by atoms with Crippen molar-refractivity contribution in [2.45, 2.75) is 6.18 Å². The largest absolute Gasteiger partial charge is 0.416 e. The van der Waals surface area contributed by atoms with Crippen molar-refractivity contribution in [3.8, 4) is 0 Å².